The highest BCUT2D eigenvalue weighted by atomic mass is 79.9. The SMILES string of the molecule is O=c1c2cc(Br)ccc2[nH+]c(O)n1-c1cccc(Cl)c1. The summed E-state index contributed by atoms with van der Waals surface area (Å²) in [4.78, 5) is 15.3. The van der Waals surface area contributed by atoms with Crippen molar-refractivity contribution in [3.8, 4) is 11.7 Å². The lowest BCUT2D eigenvalue weighted by atomic mass is 10.2. The van der Waals surface area contributed by atoms with Crippen LogP contribution in [0.5, 0.6) is 6.01 Å². The molecule has 3 aromatic rings. The monoisotopic (exact) mass is 351 g/mol. The average molecular weight is 353 g/mol. The molecule has 2 N–H and O–H groups in total. The zero-order valence-electron chi connectivity index (χ0n) is 10.1. The van der Waals surface area contributed by atoms with Crippen LogP contribution < -0.4 is 10.5 Å². The Morgan fingerprint density at radius 2 is 2.00 bits per heavy atom. The Kier molecular flexibility index (Phi) is 3.23. The Bertz CT molecular complexity index is 877. The zero-order valence-corrected chi connectivity index (χ0v) is 12.4. The lowest BCUT2D eigenvalue weighted by Gasteiger charge is -2.03. The van der Waals surface area contributed by atoms with Gasteiger partial charge in [-0.1, -0.05) is 33.6 Å². The molecule has 0 radical (unpaired) electrons. The molecule has 0 aliphatic rings. The first kappa shape index (κ1) is 13.1. The van der Waals surface area contributed by atoms with Crippen molar-refractivity contribution >= 4 is 38.4 Å². The van der Waals surface area contributed by atoms with Crippen LogP contribution in [0, 0.1) is 0 Å². The van der Waals surface area contributed by atoms with Crippen molar-refractivity contribution in [3.63, 3.8) is 0 Å². The number of fused-ring (bicyclic) bond motifs is 1. The van der Waals surface area contributed by atoms with Gasteiger partial charge in [0.15, 0.2) is 0 Å². The van der Waals surface area contributed by atoms with Crippen molar-refractivity contribution in [2.24, 2.45) is 0 Å². The maximum absolute atomic E-state index is 12.5. The van der Waals surface area contributed by atoms with E-state index in [1.54, 1.807) is 42.5 Å². The minimum absolute atomic E-state index is 0.243. The summed E-state index contributed by atoms with van der Waals surface area (Å²) in [6.07, 6.45) is 0. The second-order valence-electron chi connectivity index (χ2n) is 4.26. The van der Waals surface area contributed by atoms with Crippen LogP contribution in [0.2, 0.25) is 5.02 Å². The Morgan fingerprint density at radius 1 is 1.20 bits per heavy atom. The summed E-state index contributed by atoms with van der Waals surface area (Å²) in [6, 6.07) is 11.7. The van der Waals surface area contributed by atoms with Crippen LogP contribution in [0.4, 0.5) is 0 Å². The molecule has 0 amide bonds. The number of rotatable bonds is 1. The van der Waals surface area contributed by atoms with E-state index in [2.05, 4.69) is 20.9 Å². The van der Waals surface area contributed by atoms with Crippen LogP contribution in [0.3, 0.4) is 0 Å². The Morgan fingerprint density at radius 3 is 2.75 bits per heavy atom. The van der Waals surface area contributed by atoms with Crippen molar-refractivity contribution in [2.75, 3.05) is 0 Å². The molecule has 1 heterocycles. The minimum Gasteiger partial charge on any atom is -0.446 e. The molecule has 1 aromatic heterocycles. The standard InChI is InChI=1S/C14H8BrClN2O2/c15-8-4-5-12-11(6-8)13(19)18(14(20)17-12)10-3-1-2-9(16)7-10/h1-7H,(H,17,20)/p+1. The number of hydrogen-bond acceptors (Lipinski definition) is 2. The van der Waals surface area contributed by atoms with Crippen molar-refractivity contribution in [1.29, 1.82) is 0 Å². The zero-order chi connectivity index (χ0) is 14.3. The predicted molar refractivity (Wildman–Crippen MR) is 80.5 cm³/mol. The summed E-state index contributed by atoms with van der Waals surface area (Å²) in [5, 5.41) is 11.0. The molecule has 20 heavy (non-hydrogen) atoms. The number of nitrogens with one attached hydrogen (secondary N) is 1. The lowest BCUT2D eigenvalue weighted by molar-refractivity contribution is -0.370. The normalized spacial score (nSPS) is 10.9. The molecular formula is C14H9BrClN2O2+. The summed E-state index contributed by atoms with van der Waals surface area (Å²) in [5.74, 6) is 0. The van der Waals surface area contributed by atoms with E-state index < -0.39 is 0 Å². The van der Waals surface area contributed by atoms with Gasteiger partial charge in [0.25, 0.3) is 0 Å². The molecule has 4 nitrogen and oxygen atoms in total. The van der Waals surface area contributed by atoms with E-state index in [1.807, 2.05) is 0 Å². The first-order valence-corrected chi connectivity index (χ1v) is 6.96. The van der Waals surface area contributed by atoms with Gasteiger partial charge in [-0.15, -0.1) is 4.57 Å². The smallest absolute Gasteiger partial charge is 0.446 e. The first-order valence-electron chi connectivity index (χ1n) is 5.79. The second kappa shape index (κ2) is 4.92. The second-order valence-corrected chi connectivity index (χ2v) is 5.61. The minimum atomic E-state index is -0.320. The fourth-order valence-corrected chi connectivity index (χ4v) is 2.60. The maximum Gasteiger partial charge on any atom is 0.460 e. The Labute approximate surface area is 127 Å². The molecular weight excluding hydrogens is 344 g/mol. The van der Waals surface area contributed by atoms with Crippen LogP contribution in [-0.2, 0) is 0 Å². The van der Waals surface area contributed by atoms with Crippen molar-refractivity contribution in [3.05, 3.63) is 62.3 Å². The molecule has 0 spiro atoms. The summed E-state index contributed by atoms with van der Waals surface area (Å²) in [6.45, 7) is 0. The van der Waals surface area contributed by atoms with E-state index in [0.717, 1.165) is 4.47 Å². The van der Waals surface area contributed by atoms with Gasteiger partial charge in [0.2, 0.25) is 0 Å². The third kappa shape index (κ3) is 2.19. The van der Waals surface area contributed by atoms with Gasteiger partial charge < -0.3 is 5.11 Å². The van der Waals surface area contributed by atoms with E-state index in [4.69, 9.17) is 11.6 Å². The molecule has 0 aliphatic carbocycles. The van der Waals surface area contributed by atoms with E-state index in [9.17, 15) is 9.90 Å². The fourth-order valence-electron chi connectivity index (χ4n) is 2.05. The van der Waals surface area contributed by atoms with Gasteiger partial charge >= 0.3 is 11.6 Å². The van der Waals surface area contributed by atoms with Crippen molar-refractivity contribution < 1.29 is 10.1 Å². The first-order chi connectivity index (χ1) is 9.56. The predicted octanol–water partition coefficient (Wildman–Crippen LogP) is 2.93. The van der Waals surface area contributed by atoms with Gasteiger partial charge in [0.1, 0.15) is 16.6 Å². The molecule has 100 valence electrons. The van der Waals surface area contributed by atoms with Gasteiger partial charge in [-0.2, -0.15) is 0 Å². The van der Waals surface area contributed by atoms with Crippen LogP contribution >= 0.6 is 27.5 Å². The summed E-state index contributed by atoms with van der Waals surface area (Å²) in [7, 11) is 0. The highest BCUT2D eigenvalue weighted by Crippen LogP contribution is 2.19. The third-order valence-electron chi connectivity index (χ3n) is 2.94. The topological polar surface area (TPSA) is 56.4 Å². The van der Waals surface area contributed by atoms with Crippen LogP contribution in [0.15, 0.2) is 51.7 Å². The van der Waals surface area contributed by atoms with Gasteiger partial charge in [-0.05, 0) is 30.3 Å². The lowest BCUT2D eigenvalue weighted by Crippen LogP contribution is -2.25. The highest BCUT2D eigenvalue weighted by molar-refractivity contribution is 9.10. The molecule has 2 aromatic carbocycles. The fraction of sp³-hybridized carbons (Fsp3) is 0. The van der Waals surface area contributed by atoms with Crippen molar-refractivity contribution in [2.45, 2.75) is 0 Å². The molecule has 0 saturated carbocycles. The molecule has 0 unspecified atom stereocenters. The summed E-state index contributed by atoms with van der Waals surface area (Å²) < 4.78 is 1.97. The number of aromatic hydroxyl groups is 1. The third-order valence-corrected chi connectivity index (χ3v) is 3.67. The number of aromatic amines is 1. The van der Waals surface area contributed by atoms with E-state index in [-0.39, 0.29) is 11.6 Å². The molecule has 0 fully saturated rings. The van der Waals surface area contributed by atoms with E-state index in [1.165, 1.54) is 4.57 Å². The summed E-state index contributed by atoms with van der Waals surface area (Å²) >= 11 is 9.26. The molecule has 0 bridgehead atoms. The van der Waals surface area contributed by atoms with Gasteiger partial charge in [0.05, 0.1) is 0 Å². The number of benzene rings is 2. The maximum atomic E-state index is 12.5. The molecule has 0 aliphatic heterocycles. The summed E-state index contributed by atoms with van der Waals surface area (Å²) in [5.41, 5.74) is 0.743. The number of aromatic nitrogens is 2. The van der Waals surface area contributed by atoms with Crippen LogP contribution in [0.1, 0.15) is 0 Å². The van der Waals surface area contributed by atoms with Gasteiger partial charge in [-0.3, -0.25) is 0 Å². The van der Waals surface area contributed by atoms with E-state index in [0.29, 0.717) is 21.6 Å². The number of hydrogen-bond donors (Lipinski definition) is 1. The quantitative estimate of drug-likeness (QED) is 0.732. The Balaban J connectivity index is 2.39. The Hall–Kier alpha value is -1.85. The van der Waals surface area contributed by atoms with Crippen molar-refractivity contribution in [1.82, 2.24) is 4.57 Å². The average Bonchev–Trinajstić information content (AvgIpc) is 2.40. The van der Waals surface area contributed by atoms with Crippen LogP contribution in [-0.4, -0.2) is 9.67 Å². The molecule has 3 rings (SSSR count). The highest BCUT2D eigenvalue weighted by Gasteiger charge is 2.19. The number of nitrogens with zero attached hydrogens (tertiary/aromatic N) is 1. The van der Waals surface area contributed by atoms with E-state index >= 15 is 0 Å². The van der Waals surface area contributed by atoms with Gasteiger partial charge in [0, 0.05) is 15.6 Å². The molecule has 0 saturated heterocycles. The molecule has 6 heteroatoms. The molecule has 0 atom stereocenters. The number of H-pyrrole nitrogens is 1. The number of halogens is 2. The van der Waals surface area contributed by atoms with Gasteiger partial charge in [-0.25, -0.2) is 9.78 Å². The largest absolute Gasteiger partial charge is 0.460 e. The van der Waals surface area contributed by atoms with Crippen LogP contribution in [0.25, 0.3) is 16.6 Å².